The summed E-state index contributed by atoms with van der Waals surface area (Å²) in [7, 11) is 0. The summed E-state index contributed by atoms with van der Waals surface area (Å²) in [4.78, 5) is 12.6. The van der Waals surface area contributed by atoms with Crippen molar-refractivity contribution in [3.63, 3.8) is 0 Å². The summed E-state index contributed by atoms with van der Waals surface area (Å²) < 4.78 is 39.5. The van der Waals surface area contributed by atoms with E-state index in [1.165, 1.54) is 12.1 Å². The Morgan fingerprint density at radius 2 is 1.67 bits per heavy atom. The molecule has 4 nitrogen and oxygen atoms in total. The van der Waals surface area contributed by atoms with Crippen molar-refractivity contribution < 1.29 is 23.1 Å². The van der Waals surface area contributed by atoms with Crippen LogP contribution in [0, 0.1) is 0 Å². The normalized spacial score (nSPS) is 19.9. The molecule has 7 heteroatoms. The number of benzene rings is 2. The molecule has 3 rings (SSSR count). The van der Waals surface area contributed by atoms with Crippen LogP contribution in [0.3, 0.4) is 0 Å². The monoisotopic (exact) mass is 376 g/mol. The third-order valence-corrected chi connectivity index (χ3v) is 4.48. The standard InChI is InChI=1S/C20H19F3N2O2/c21-20(22,23)17-14-19(27,16-11-5-2-6-12-16)25(24-17)18(26)13-7-10-15-8-3-1-4-9-15/h1-6,8-9,11-12,27H,7,10,13-14H2. The highest BCUT2D eigenvalue weighted by atomic mass is 19.4. The summed E-state index contributed by atoms with van der Waals surface area (Å²) >= 11 is 0. The van der Waals surface area contributed by atoms with Crippen LogP contribution in [0.5, 0.6) is 0 Å². The summed E-state index contributed by atoms with van der Waals surface area (Å²) in [6.07, 6.45) is -4.45. The molecule has 1 atom stereocenters. The Kier molecular flexibility index (Phi) is 5.32. The lowest BCUT2D eigenvalue weighted by Crippen LogP contribution is -2.43. The van der Waals surface area contributed by atoms with Gasteiger partial charge in [-0.25, -0.2) is 0 Å². The molecule has 0 aromatic heterocycles. The maximum atomic E-state index is 13.2. The van der Waals surface area contributed by atoms with Crippen molar-refractivity contribution in [2.24, 2.45) is 5.10 Å². The maximum Gasteiger partial charge on any atom is 0.431 e. The maximum absolute atomic E-state index is 13.2. The molecule has 0 aliphatic carbocycles. The molecule has 1 aliphatic rings. The number of aliphatic hydroxyl groups is 1. The lowest BCUT2D eigenvalue weighted by atomic mass is 9.96. The van der Waals surface area contributed by atoms with Crippen molar-refractivity contribution in [1.29, 1.82) is 0 Å². The fourth-order valence-corrected chi connectivity index (χ4v) is 3.09. The van der Waals surface area contributed by atoms with Gasteiger partial charge >= 0.3 is 6.18 Å². The summed E-state index contributed by atoms with van der Waals surface area (Å²) in [5, 5.41) is 15.0. The van der Waals surface area contributed by atoms with Gasteiger partial charge in [-0.1, -0.05) is 60.7 Å². The number of alkyl halides is 3. The number of carbonyl (C=O) groups excluding carboxylic acids is 1. The smallest absolute Gasteiger partial charge is 0.365 e. The van der Waals surface area contributed by atoms with Crippen LogP contribution in [0.2, 0.25) is 0 Å². The number of hydrogen-bond donors (Lipinski definition) is 1. The number of rotatable bonds is 5. The number of aryl methyl sites for hydroxylation is 1. The number of halogens is 3. The fourth-order valence-electron chi connectivity index (χ4n) is 3.09. The minimum Gasteiger partial charge on any atom is -0.365 e. The van der Waals surface area contributed by atoms with E-state index in [4.69, 9.17) is 0 Å². The first-order chi connectivity index (χ1) is 12.8. The van der Waals surface area contributed by atoms with Crippen LogP contribution in [0.25, 0.3) is 0 Å². The molecule has 2 aromatic carbocycles. The predicted molar refractivity (Wildman–Crippen MR) is 94.7 cm³/mol. The van der Waals surface area contributed by atoms with Crippen LogP contribution in [-0.4, -0.2) is 27.9 Å². The Bertz CT molecular complexity index is 822. The number of nitrogens with zero attached hydrogens (tertiary/aromatic N) is 2. The molecule has 1 amide bonds. The van der Waals surface area contributed by atoms with E-state index in [0.29, 0.717) is 17.9 Å². The first kappa shape index (κ1) is 19.1. The number of hydrazone groups is 1. The van der Waals surface area contributed by atoms with Crippen LogP contribution in [0.1, 0.15) is 30.4 Å². The van der Waals surface area contributed by atoms with Crippen molar-refractivity contribution in [1.82, 2.24) is 5.01 Å². The second-order valence-corrected chi connectivity index (χ2v) is 6.45. The lowest BCUT2D eigenvalue weighted by Gasteiger charge is -2.31. The minimum atomic E-state index is -4.71. The molecular weight excluding hydrogens is 357 g/mol. The van der Waals surface area contributed by atoms with Crippen molar-refractivity contribution in [3.05, 3.63) is 71.8 Å². The van der Waals surface area contributed by atoms with Gasteiger partial charge in [0, 0.05) is 12.0 Å². The lowest BCUT2D eigenvalue weighted by molar-refractivity contribution is -0.158. The quantitative estimate of drug-likeness (QED) is 0.857. The van der Waals surface area contributed by atoms with Gasteiger partial charge in [0.2, 0.25) is 5.91 Å². The van der Waals surface area contributed by atoms with E-state index in [9.17, 15) is 23.1 Å². The summed E-state index contributed by atoms with van der Waals surface area (Å²) in [6.45, 7) is 0. The molecule has 1 heterocycles. The van der Waals surface area contributed by atoms with Gasteiger partial charge in [-0.15, -0.1) is 0 Å². The Morgan fingerprint density at radius 3 is 2.26 bits per heavy atom. The molecule has 0 saturated carbocycles. The predicted octanol–water partition coefficient (Wildman–Crippen LogP) is 4.01. The van der Waals surface area contributed by atoms with Crippen molar-refractivity contribution in [2.45, 2.75) is 37.6 Å². The molecule has 0 radical (unpaired) electrons. The zero-order valence-electron chi connectivity index (χ0n) is 14.5. The minimum absolute atomic E-state index is 0.0152. The van der Waals surface area contributed by atoms with Crippen LogP contribution < -0.4 is 0 Å². The first-order valence-electron chi connectivity index (χ1n) is 8.60. The second-order valence-electron chi connectivity index (χ2n) is 6.45. The van der Waals surface area contributed by atoms with E-state index < -0.39 is 29.9 Å². The van der Waals surface area contributed by atoms with Gasteiger partial charge in [-0.3, -0.25) is 4.79 Å². The Hall–Kier alpha value is -2.67. The van der Waals surface area contributed by atoms with Crippen LogP contribution >= 0.6 is 0 Å². The molecule has 0 bridgehead atoms. The highest BCUT2D eigenvalue weighted by Gasteiger charge is 2.52. The zero-order valence-corrected chi connectivity index (χ0v) is 14.5. The topological polar surface area (TPSA) is 52.9 Å². The highest BCUT2D eigenvalue weighted by Crippen LogP contribution is 2.39. The number of amides is 1. The second kappa shape index (κ2) is 7.52. The molecule has 0 spiro atoms. The van der Waals surface area contributed by atoms with Gasteiger partial charge in [-0.05, 0) is 18.4 Å². The van der Waals surface area contributed by atoms with Crippen molar-refractivity contribution in [3.8, 4) is 0 Å². The molecule has 1 N–H and O–H groups in total. The van der Waals surface area contributed by atoms with Crippen molar-refractivity contribution in [2.75, 3.05) is 0 Å². The van der Waals surface area contributed by atoms with Gasteiger partial charge < -0.3 is 5.11 Å². The average Bonchev–Trinajstić information content (AvgIpc) is 3.03. The molecule has 142 valence electrons. The largest absolute Gasteiger partial charge is 0.431 e. The van der Waals surface area contributed by atoms with Crippen LogP contribution in [0.15, 0.2) is 65.8 Å². The van der Waals surface area contributed by atoms with E-state index >= 15 is 0 Å². The number of carbonyl (C=O) groups is 1. The fraction of sp³-hybridized carbons (Fsp3) is 0.300. The summed E-state index contributed by atoms with van der Waals surface area (Å²) in [6, 6.07) is 17.3. The molecule has 27 heavy (non-hydrogen) atoms. The van der Waals surface area contributed by atoms with E-state index in [2.05, 4.69) is 5.10 Å². The molecule has 0 fully saturated rings. The van der Waals surface area contributed by atoms with Gasteiger partial charge in [0.15, 0.2) is 5.72 Å². The Labute approximate surface area is 154 Å². The van der Waals surface area contributed by atoms with Gasteiger partial charge in [0.1, 0.15) is 5.71 Å². The summed E-state index contributed by atoms with van der Waals surface area (Å²) in [5.74, 6) is -0.642. The third-order valence-electron chi connectivity index (χ3n) is 4.48. The molecule has 0 saturated heterocycles. The van der Waals surface area contributed by atoms with Gasteiger partial charge in [-0.2, -0.15) is 23.3 Å². The van der Waals surface area contributed by atoms with Crippen molar-refractivity contribution >= 4 is 11.6 Å². The average molecular weight is 376 g/mol. The molecule has 1 aliphatic heterocycles. The Morgan fingerprint density at radius 1 is 1.07 bits per heavy atom. The first-order valence-corrected chi connectivity index (χ1v) is 8.60. The highest BCUT2D eigenvalue weighted by molar-refractivity contribution is 5.94. The Balaban J connectivity index is 1.78. The van der Waals surface area contributed by atoms with E-state index in [0.717, 1.165) is 5.56 Å². The van der Waals surface area contributed by atoms with E-state index in [-0.39, 0.29) is 12.0 Å². The van der Waals surface area contributed by atoms with Crippen LogP contribution in [0.4, 0.5) is 13.2 Å². The van der Waals surface area contributed by atoms with E-state index in [1.807, 2.05) is 30.3 Å². The zero-order chi connectivity index (χ0) is 19.5. The molecular formula is C20H19F3N2O2. The summed E-state index contributed by atoms with van der Waals surface area (Å²) in [5.41, 5.74) is -2.06. The molecule has 1 unspecified atom stereocenters. The SMILES string of the molecule is O=C(CCCc1ccccc1)N1N=C(C(F)(F)F)CC1(O)c1ccccc1. The van der Waals surface area contributed by atoms with Gasteiger partial charge in [0.25, 0.3) is 0 Å². The molecule has 2 aromatic rings. The number of hydrogen-bond acceptors (Lipinski definition) is 3. The van der Waals surface area contributed by atoms with Crippen LogP contribution in [-0.2, 0) is 16.9 Å². The van der Waals surface area contributed by atoms with Gasteiger partial charge in [0.05, 0.1) is 6.42 Å². The third kappa shape index (κ3) is 4.19. The van der Waals surface area contributed by atoms with E-state index in [1.54, 1.807) is 18.2 Å².